The van der Waals surface area contributed by atoms with Gasteiger partial charge in [0.1, 0.15) is 6.04 Å². The van der Waals surface area contributed by atoms with E-state index in [0.29, 0.717) is 12.5 Å². The third-order valence-corrected chi connectivity index (χ3v) is 2.53. The molecule has 5 N–H and O–H groups in total. The molecular formula is C10H17N3O4. The summed E-state index contributed by atoms with van der Waals surface area (Å²) in [6.07, 6.45) is 2.13. The fourth-order valence-corrected chi connectivity index (χ4v) is 1.31. The summed E-state index contributed by atoms with van der Waals surface area (Å²) >= 11 is 0. The molecule has 0 radical (unpaired) electrons. The number of hydrogen-bond donors (Lipinski definition) is 4. The van der Waals surface area contributed by atoms with Crippen molar-refractivity contribution >= 4 is 17.9 Å². The zero-order valence-electron chi connectivity index (χ0n) is 9.44. The number of nitrogens with one attached hydrogen (secondary N) is 2. The smallest absolute Gasteiger partial charge is 0.326 e. The number of primary amides is 1. The zero-order chi connectivity index (χ0) is 12.8. The van der Waals surface area contributed by atoms with Crippen LogP contribution in [-0.4, -0.2) is 35.6 Å². The molecule has 3 amide bonds. The SMILES string of the molecule is NC(=O)CC[C@H](NC(=O)NCC1CC1)C(=O)O. The highest BCUT2D eigenvalue weighted by Crippen LogP contribution is 2.27. The van der Waals surface area contributed by atoms with Crippen molar-refractivity contribution in [3.05, 3.63) is 0 Å². The summed E-state index contributed by atoms with van der Waals surface area (Å²) in [6, 6.07) is -1.60. The number of carbonyl (C=O) groups excluding carboxylic acids is 2. The highest BCUT2D eigenvalue weighted by molar-refractivity contribution is 5.83. The fourth-order valence-electron chi connectivity index (χ4n) is 1.31. The van der Waals surface area contributed by atoms with Crippen LogP contribution < -0.4 is 16.4 Å². The van der Waals surface area contributed by atoms with Gasteiger partial charge in [0.25, 0.3) is 0 Å². The van der Waals surface area contributed by atoms with Crippen molar-refractivity contribution in [2.45, 2.75) is 31.7 Å². The number of carboxylic acids is 1. The lowest BCUT2D eigenvalue weighted by Crippen LogP contribution is -2.46. The van der Waals surface area contributed by atoms with Gasteiger partial charge in [0.2, 0.25) is 5.91 Å². The minimum Gasteiger partial charge on any atom is -0.480 e. The predicted octanol–water partition coefficient (Wildman–Crippen LogP) is -0.586. The van der Waals surface area contributed by atoms with Gasteiger partial charge in [-0.2, -0.15) is 0 Å². The van der Waals surface area contributed by atoms with Crippen molar-refractivity contribution in [2.24, 2.45) is 11.7 Å². The van der Waals surface area contributed by atoms with Crippen molar-refractivity contribution in [2.75, 3.05) is 6.54 Å². The van der Waals surface area contributed by atoms with Crippen LogP contribution in [0, 0.1) is 5.92 Å². The fraction of sp³-hybridized carbons (Fsp3) is 0.700. The van der Waals surface area contributed by atoms with Crippen molar-refractivity contribution in [3.8, 4) is 0 Å². The van der Waals surface area contributed by atoms with Gasteiger partial charge in [-0.05, 0) is 25.2 Å². The Balaban J connectivity index is 2.28. The van der Waals surface area contributed by atoms with Gasteiger partial charge in [-0.15, -0.1) is 0 Å². The number of carbonyl (C=O) groups is 3. The van der Waals surface area contributed by atoms with Crippen molar-refractivity contribution in [3.63, 3.8) is 0 Å². The molecule has 0 unspecified atom stereocenters. The van der Waals surface area contributed by atoms with Crippen molar-refractivity contribution in [1.82, 2.24) is 10.6 Å². The minimum absolute atomic E-state index is 0.00150. The van der Waals surface area contributed by atoms with Crippen LogP contribution in [0.4, 0.5) is 4.79 Å². The first-order valence-corrected chi connectivity index (χ1v) is 5.54. The van der Waals surface area contributed by atoms with Crippen molar-refractivity contribution in [1.29, 1.82) is 0 Å². The van der Waals surface area contributed by atoms with Crippen LogP contribution in [0.25, 0.3) is 0 Å². The number of hydrogen-bond acceptors (Lipinski definition) is 3. The summed E-state index contributed by atoms with van der Waals surface area (Å²) < 4.78 is 0. The van der Waals surface area contributed by atoms with Crippen LogP contribution in [0.1, 0.15) is 25.7 Å². The molecule has 1 aliphatic rings. The monoisotopic (exact) mass is 243 g/mol. The Morgan fingerprint density at radius 2 is 2.00 bits per heavy atom. The maximum Gasteiger partial charge on any atom is 0.326 e. The summed E-state index contributed by atoms with van der Waals surface area (Å²) in [6.45, 7) is 0.563. The maximum atomic E-state index is 11.3. The predicted molar refractivity (Wildman–Crippen MR) is 59.1 cm³/mol. The van der Waals surface area contributed by atoms with E-state index in [9.17, 15) is 14.4 Å². The van der Waals surface area contributed by atoms with Gasteiger partial charge in [-0.1, -0.05) is 0 Å². The van der Waals surface area contributed by atoms with Gasteiger partial charge in [0.15, 0.2) is 0 Å². The van der Waals surface area contributed by atoms with Crippen LogP contribution in [0.15, 0.2) is 0 Å². The molecule has 0 bridgehead atoms. The topological polar surface area (TPSA) is 122 Å². The minimum atomic E-state index is -1.17. The third-order valence-electron chi connectivity index (χ3n) is 2.53. The molecule has 0 aromatic rings. The molecule has 0 spiro atoms. The quantitative estimate of drug-likeness (QED) is 0.477. The van der Waals surface area contributed by atoms with Crippen LogP contribution >= 0.6 is 0 Å². The van der Waals surface area contributed by atoms with E-state index in [0.717, 1.165) is 12.8 Å². The lowest BCUT2D eigenvalue weighted by atomic mass is 10.1. The van der Waals surface area contributed by atoms with Gasteiger partial charge < -0.3 is 21.5 Å². The lowest BCUT2D eigenvalue weighted by molar-refractivity contribution is -0.139. The van der Waals surface area contributed by atoms with Gasteiger partial charge in [-0.25, -0.2) is 9.59 Å². The summed E-state index contributed by atoms with van der Waals surface area (Å²) in [4.78, 5) is 32.7. The first kappa shape index (κ1) is 13.3. The molecule has 1 fully saturated rings. The van der Waals surface area contributed by atoms with Gasteiger partial charge in [0.05, 0.1) is 0 Å². The normalized spacial score (nSPS) is 16.0. The number of rotatable bonds is 7. The summed E-state index contributed by atoms with van der Waals surface area (Å²) in [5.74, 6) is -1.24. The molecule has 0 aromatic carbocycles. The summed E-state index contributed by atoms with van der Waals surface area (Å²) in [7, 11) is 0. The number of carboxylic acid groups (broad SMARTS) is 1. The van der Waals surface area contributed by atoms with Crippen molar-refractivity contribution < 1.29 is 19.5 Å². The highest BCUT2D eigenvalue weighted by Gasteiger charge is 2.24. The molecule has 96 valence electrons. The standard InChI is InChI=1S/C10H17N3O4/c11-8(14)4-3-7(9(15)16)13-10(17)12-5-6-1-2-6/h6-7H,1-5H2,(H2,11,14)(H,15,16)(H2,12,13,17)/t7-/m0/s1. The van der Waals surface area contributed by atoms with E-state index in [-0.39, 0.29) is 12.8 Å². The largest absolute Gasteiger partial charge is 0.480 e. The molecule has 17 heavy (non-hydrogen) atoms. The van der Waals surface area contributed by atoms with E-state index in [1.165, 1.54) is 0 Å². The number of amides is 3. The molecule has 1 saturated carbocycles. The second kappa shape index (κ2) is 6.07. The Morgan fingerprint density at radius 1 is 1.35 bits per heavy atom. The van der Waals surface area contributed by atoms with E-state index < -0.39 is 23.9 Å². The summed E-state index contributed by atoms with van der Waals surface area (Å²) in [5.41, 5.74) is 4.92. The molecule has 7 nitrogen and oxygen atoms in total. The van der Waals surface area contributed by atoms with Crippen LogP contribution in [0.2, 0.25) is 0 Å². The van der Waals surface area contributed by atoms with Crippen LogP contribution in [0.5, 0.6) is 0 Å². The molecule has 1 rings (SSSR count). The van der Waals surface area contributed by atoms with Crippen LogP contribution in [0.3, 0.4) is 0 Å². The van der Waals surface area contributed by atoms with E-state index >= 15 is 0 Å². The Kier molecular flexibility index (Phi) is 4.74. The first-order valence-electron chi connectivity index (χ1n) is 5.54. The molecule has 0 heterocycles. The molecule has 0 aromatic heterocycles. The average Bonchev–Trinajstić information content (AvgIpc) is 3.04. The summed E-state index contributed by atoms with van der Waals surface area (Å²) in [5, 5.41) is 13.7. The van der Waals surface area contributed by atoms with Gasteiger partial charge in [0, 0.05) is 13.0 Å². The van der Waals surface area contributed by atoms with Gasteiger partial charge in [-0.3, -0.25) is 4.79 Å². The van der Waals surface area contributed by atoms with Crippen LogP contribution in [-0.2, 0) is 9.59 Å². The number of aliphatic carboxylic acids is 1. The molecule has 0 aliphatic heterocycles. The second-order valence-corrected chi connectivity index (χ2v) is 4.19. The molecule has 0 saturated heterocycles. The maximum absolute atomic E-state index is 11.3. The lowest BCUT2D eigenvalue weighted by Gasteiger charge is -2.14. The van der Waals surface area contributed by atoms with E-state index in [4.69, 9.17) is 10.8 Å². The number of urea groups is 1. The molecule has 1 aliphatic carbocycles. The molecule has 1 atom stereocenters. The second-order valence-electron chi connectivity index (χ2n) is 4.19. The Labute approximate surface area is 98.7 Å². The van der Waals surface area contributed by atoms with E-state index in [2.05, 4.69) is 10.6 Å². The Bertz CT molecular complexity index is 315. The molecule has 7 heteroatoms. The Hall–Kier alpha value is -1.79. The molecular weight excluding hydrogens is 226 g/mol. The third kappa shape index (κ3) is 5.74. The van der Waals surface area contributed by atoms with E-state index in [1.54, 1.807) is 0 Å². The zero-order valence-corrected chi connectivity index (χ0v) is 9.44. The number of nitrogens with two attached hydrogens (primary N) is 1. The Morgan fingerprint density at radius 3 is 2.47 bits per heavy atom. The van der Waals surface area contributed by atoms with Gasteiger partial charge >= 0.3 is 12.0 Å². The average molecular weight is 243 g/mol. The highest BCUT2D eigenvalue weighted by atomic mass is 16.4. The van der Waals surface area contributed by atoms with E-state index in [1.807, 2.05) is 0 Å². The first-order chi connectivity index (χ1) is 7.99.